The molecule has 0 bridgehead atoms. The predicted octanol–water partition coefficient (Wildman–Crippen LogP) is 3.40. The number of primary amides is 1. The smallest absolute Gasteiger partial charge is 0.251 e. The molecule has 0 saturated carbocycles. The summed E-state index contributed by atoms with van der Waals surface area (Å²) in [6, 6.07) is 20.5. The molecule has 0 atom stereocenters. The molecule has 0 unspecified atom stereocenters. The molecule has 3 N–H and O–H groups in total. The van der Waals surface area contributed by atoms with Gasteiger partial charge in [-0.3, -0.25) is 9.59 Å². The van der Waals surface area contributed by atoms with Crippen molar-refractivity contribution in [1.29, 1.82) is 0 Å². The minimum Gasteiger partial charge on any atom is -0.497 e. The summed E-state index contributed by atoms with van der Waals surface area (Å²) >= 11 is 0. The summed E-state index contributed by atoms with van der Waals surface area (Å²) in [4.78, 5) is 23.3. The molecule has 0 fully saturated rings. The molecule has 30 heavy (non-hydrogen) atoms. The highest BCUT2D eigenvalue weighted by Gasteiger charge is 2.06. The van der Waals surface area contributed by atoms with E-state index in [1.807, 2.05) is 12.1 Å². The standard InChI is InChI=1S/C23H22N2O5/c1-28-18-10-12-19(13-11-18)29-15-14-25-23(27)17-4-8-21(9-5-17)30-20-6-2-16(3-7-20)22(24)26/h2-13H,14-15H2,1H3,(H2,24,26)(H,25,27). The van der Waals surface area contributed by atoms with Crippen molar-refractivity contribution in [2.45, 2.75) is 0 Å². The zero-order chi connectivity index (χ0) is 21.3. The minimum absolute atomic E-state index is 0.203. The first kappa shape index (κ1) is 20.7. The summed E-state index contributed by atoms with van der Waals surface area (Å²) in [5, 5.41) is 2.80. The highest BCUT2D eigenvalue weighted by atomic mass is 16.5. The van der Waals surface area contributed by atoms with Crippen LogP contribution in [0.4, 0.5) is 0 Å². The van der Waals surface area contributed by atoms with E-state index in [4.69, 9.17) is 19.9 Å². The third kappa shape index (κ3) is 5.75. The van der Waals surface area contributed by atoms with Gasteiger partial charge >= 0.3 is 0 Å². The summed E-state index contributed by atoms with van der Waals surface area (Å²) in [6.07, 6.45) is 0. The predicted molar refractivity (Wildman–Crippen MR) is 112 cm³/mol. The van der Waals surface area contributed by atoms with Crippen molar-refractivity contribution in [3.05, 3.63) is 83.9 Å². The van der Waals surface area contributed by atoms with Gasteiger partial charge < -0.3 is 25.3 Å². The van der Waals surface area contributed by atoms with Gasteiger partial charge in [-0.2, -0.15) is 0 Å². The van der Waals surface area contributed by atoms with E-state index in [0.717, 1.165) is 5.75 Å². The monoisotopic (exact) mass is 406 g/mol. The summed E-state index contributed by atoms with van der Waals surface area (Å²) in [5.74, 6) is 1.90. The van der Waals surface area contributed by atoms with Crippen LogP contribution < -0.4 is 25.3 Å². The Labute approximate surface area is 174 Å². The molecule has 154 valence electrons. The quantitative estimate of drug-likeness (QED) is 0.531. The molecule has 0 aromatic heterocycles. The lowest BCUT2D eigenvalue weighted by atomic mass is 10.2. The van der Waals surface area contributed by atoms with Gasteiger partial charge in [-0.25, -0.2) is 0 Å². The molecule has 3 rings (SSSR count). The van der Waals surface area contributed by atoms with Crippen LogP contribution in [0.15, 0.2) is 72.8 Å². The van der Waals surface area contributed by atoms with Crippen molar-refractivity contribution in [3.63, 3.8) is 0 Å². The molecule has 7 nitrogen and oxygen atoms in total. The topological polar surface area (TPSA) is 99.9 Å². The highest BCUT2D eigenvalue weighted by Crippen LogP contribution is 2.22. The van der Waals surface area contributed by atoms with Crippen molar-refractivity contribution in [2.75, 3.05) is 20.3 Å². The molecule has 0 radical (unpaired) electrons. The second-order valence-electron chi connectivity index (χ2n) is 6.29. The van der Waals surface area contributed by atoms with Crippen LogP contribution in [0.3, 0.4) is 0 Å². The second kappa shape index (κ2) is 9.97. The molecule has 3 aromatic carbocycles. The zero-order valence-corrected chi connectivity index (χ0v) is 16.5. The Hall–Kier alpha value is -4.00. The van der Waals surface area contributed by atoms with Crippen LogP contribution in [0.5, 0.6) is 23.0 Å². The molecule has 0 saturated heterocycles. The van der Waals surface area contributed by atoms with E-state index in [-0.39, 0.29) is 5.91 Å². The number of carbonyl (C=O) groups is 2. The van der Waals surface area contributed by atoms with Crippen molar-refractivity contribution >= 4 is 11.8 Å². The van der Waals surface area contributed by atoms with Crippen molar-refractivity contribution in [1.82, 2.24) is 5.32 Å². The summed E-state index contributed by atoms with van der Waals surface area (Å²) in [7, 11) is 1.60. The number of rotatable bonds is 9. The number of hydrogen-bond acceptors (Lipinski definition) is 5. The molecule has 0 aliphatic heterocycles. The fourth-order valence-electron chi connectivity index (χ4n) is 2.61. The van der Waals surface area contributed by atoms with E-state index in [9.17, 15) is 9.59 Å². The number of ether oxygens (including phenoxy) is 3. The molecular weight excluding hydrogens is 384 g/mol. The summed E-state index contributed by atoms with van der Waals surface area (Å²) < 4.78 is 16.4. The Morgan fingerprint density at radius 1 is 0.767 bits per heavy atom. The maximum absolute atomic E-state index is 12.2. The van der Waals surface area contributed by atoms with Crippen LogP contribution in [0.25, 0.3) is 0 Å². The lowest BCUT2D eigenvalue weighted by molar-refractivity contribution is 0.0946. The molecular formula is C23H22N2O5. The van der Waals surface area contributed by atoms with E-state index in [1.165, 1.54) is 0 Å². The second-order valence-corrected chi connectivity index (χ2v) is 6.29. The normalized spacial score (nSPS) is 10.2. The average molecular weight is 406 g/mol. The molecule has 3 aromatic rings. The third-order valence-corrected chi connectivity index (χ3v) is 4.21. The van der Waals surface area contributed by atoms with Crippen molar-refractivity contribution in [3.8, 4) is 23.0 Å². The van der Waals surface area contributed by atoms with Gasteiger partial charge in [0.2, 0.25) is 5.91 Å². The molecule has 7 heteroatoms. The summed E-state index contributed by atoms with van der Waals surface area (Å²) in [5.41, 5.74) is 6.13. The first-order valence-electron chi connectivity index (χ1n) is 9.28. The maximum Gasteiger partial charge on any atom is 0.251 e. The molecule has 0 spiro atoms. The number of methoxy groups -OCH3 is 1. The lowest BCUT2D eigenvalue weighted by Crippen LogP contribution is -2.28. The van der Waals surface area contributed by atoms with Gasteiger partial charge in [-0.05, 0) is 72.8 Å². The lowest BCUT2D eigenvalue weighted by Gasteiger charge is -2.09. The number of nitrogens with two attached hydrogens (primary N) is 1. The third-order valence-electron chi connectivity index (χ3n) is 4.21. The van der Waals surface area contributed by atoms with Gasteiger partial charge in [0.15, 0.2) is 0 Å². The Morgan fingerprint density at radius 3 is 1.80 bits per heavy atom. The minimum atomic E-state index is -0.494. The first-order valence-corrected chi connectivity index (χ1v) is 9.28. The Morgan fingerprint density at radius 2 is 1.27 bits per heavy atom. The SMILES string of the molecule is COc1ccc(OCCNC(=O)c2ccc(Oc3ccc(C(N)=O)cc3)cc2)cc1. The van der Waals surface area contributed by atoms with Gasteiger partial charge in [0.05, 0.1) is 13.7 Å². The van der Waals surface area contributed by atoms with Crippen LogP contribution in [-0.4, -0.2) is 32.1 Å². The van der Waals surface area contributed by atoms with E-state index in [1.54, 1.807) is 67.8 Å². The van der Waals surface area contributed by atoms with Gasteiger partial charge in [-0.1, -0.05) is 0 Å². The van der Waals surface area contributed by atoms with Gasteiger partial charge in [-0.15, -0.1) is 0 Å². The number of amides is 2. The zero-order valence-electron chi connectivity index (χ0n) is 16.5. The number of carbonyl (C=O) groups excluding carboxylic acids is 2. The molecule has 0 heterocycles. The Balaban J connectivity index is 1.45. The van der Waals surface area contributed by atoms with Crippen LogP contribution >= 0.6 is 0 Å². The molecule has 2 amide bonds. The van der Waals surface area contributed by atoms with Gasteiger partial charge in [0, 0.05) is 11.1 Å². The van der Waals surface area contributed by atoms with Gasteiger partial charge in [0.25, 0.3) is 5.91 Å². The molecule has 0 aliphatic rings. The number of nitrogens with one attached hydrogen (secondary N) is 1. The van der Waals surface area contributed by atoms with Crippen LogP contribution in [0.2, 0.25) is 0 Å². The maximum atomic E-state index is 12.2. The summed E-state index contributed by atoms with van der Waals surface area (Å²) in [6.45, 7) is 0.718. The largest absolute Gasteiger partial charge is 0.497 e. The molecule has 0 aliphatic carbocycles. The Bertz CT molecular complexity index is 984. The number of benzene rings is 3. The highest BCUT2D eigenvalue weighted by molar-refractivity contribution is 5.94. The van der Waals surface area contributed by atoms with Crippen LogP contribution in [0, 0.1) is 0 Å². The fraction of sp³-hybridized carbons (Fsp3) is 0.130. The van der Waals surface area contributed by atoms with Crippen LogP contribution in [0.1, 0.15) is 20.7 Å². The van der Waals surface area contributed by atoms with Crippen LogP contribution in [-0.2, 0) is 0 Å². The van der Waals surface area contributed by atoms with Gasteiger partial charge in [0.1, 0.15) is 29.6 Å². The first-order chi connectivity index (χ1) is 14.5. The van der Waals surface area contributed by atoms with Crippen molar-refractivity contribution in [2.24, 2.45) is 5.73 Å². The Kier molecular flexibility index (Phi) is 6.89. The number of hydrogen-bond donors (Lipinski definition) is 2. The van der Waals surface area contributed by atoms with E-state index in [0.29, 0.717) is 41.5 Å². The van der Waals surface area contributed by atoms with Crippen molar-refractivity contribution < 1.29 is 23.8 Å². The van der Waals surface area contributed by atoms with E-state index >= 15 is 0 Å². The fourth-order valence-corrected chi connectivity index (χ4v) is 2.61. The van der Waals surface area contributed by atoms with E-state index in [2.05, 4.69) is 5.32 Å². The average Bonchev–Trinajstić information content (AvgIpc) is 2.78. The van der Waals surface area contributed by atoms with E-state index < -0.39 is 5.91 Å².